The van der Waals surface area contributed by atoms with Gasteiger partial charge in [-0.1, -0.05) is 29.8 Å². The highest BCUT2D eigenvalue weighted by Gasteiger charge is 2.13. The fourth-order valence-corrected chi connectivity index (χ4v) is 2.09. The first kappa shape index (κ1) is 11.5. The van der Waals surface area contributed by atoms with Gasteiger partial charge in [0.05, 0.1) is 13.7 Å². The predicted octanol–water partition coefficient (Wildman–Crippen LogP) is 3.07. The van der Waals surface area contributed by atoms with Crippen molar-refractivity contribution in [2.75, 3.05) is 7.11 Å². The van der Waals surface area contributed by atoms with Crippen molar-refractivity contribution in [1.82, 2.24) is 0 Å². The largest absolute Gasteiger partial charge is 0.496 e. The Bertz CT molecular complexity index is 296. The average molecular weight is 259 g/mol. The molecule has 0 unspecified atom stereocenters. The smallest absolute Gasteiger partial charge is 0.123 e. The molecule has 1 N–H and O–H groups in total. The Morgan fingerprint density at radius 1 is 1.43 bits per heavy atom. The molecule has 0 fully saturated rings. The second-order valence-corrected chi connectivity index (χ2v) is 4.41. The molecular formula is C11H15BrO2. The number of hydrogen-bond donors (Lipinski definition) is 1. The quantitative estimate of drug-likeness (QED) is 0.903. The third-order valence-corrected chi connectivity index (χ3v) is 2.62. The molecule has 0 saturated carbocycles. The van der Waals surface area contributed by atoms with E-state index in [4.69, 9.17) is 4.74 Å². The van der Waals surface area contributed by atoms with Crippen LogP contribution in [0.15, 0.2) is 16.6 Å². The first-order valence-corrected chi connectivity index (χ1v) is 5.36. The van der Waals surface area contributed by atoms with Crippen LogP contribution in [0, 0.1) is 0 Å². The van der Waals surface area contributed by atoms with Crippen LogP contribution in [0.3, 0.4) is 0 Å². The lowest BCUT2D eigenvalue weighted by atomic mass is 9.96. The Kier molecular flexibility index (Phi) is 3.96. The van der Waals surface area contributed by atoms with Crippen LogP contribution in [0.4, 0.5) is 0 Å². The first-order valence-electron chi connectivity index (χ1n) is 4.57. The number of methoxy groups -OCH3 is 1. The maximum atomic E-state index is 9.24. The summed E-state index contributed by atoms with van der Waals surface area (Å²) in [4.78, 5) is 0. The van der Waals surface area contributed by atoms with E-state index < -0.39 is 0 Å². The van der Waals surface area contributed by atoms with Gasteiger partial charge in [0.25, 0.3) is 0 Å². The minimum Gasteiger partial charge on any atom is -0.496 e. The van der Waals surface area contributed by atoms with E-state index in [2.05, 4.69) is 29.8 Å². The fourth-order valence-electron chi connectivity index (χ4n) is 1.60. The van der Waals surface area contributed by atoms with E-state index in [1.54, 1.807) is 7.11 Å². The number of benzene rings is 1. The van der Waals surface area contributed by atoms with Crippen LogP contribution in [-0.4, -0.2) is 12.2 Å². The third-order valence-electron chi connectivity index (χ3n) is 2.16. The third kappa shape index (κ3) is 2.28. The molecule has 0 amide bonds. The Balaban J connectivity index is 3.33. The molecule has 1 aromatic carbocycles. The van der Waals surface area contributed by atoms with Gasteiger partial charge in [-0.05, 0) is 23.6 Å². The molecule has 78 valence electrons. The summed E-state index contributed by atoms with van der Waals surface area (Å²) in [5.41, 5.74) is 2.00. The summed E-state index contributed by atoms with van der Waals surface area (Å²) in [6, 6.07) is 3.85. The zero-order chi connectivity index (χ0) is 10.7. The van der Waals surface area contributed by atoms with Crippen LogP contribution in [0.5, 0.6) is 5.75 Å². The van der Waals surface area contributed by atoms with E-state index in [1.165, 1.54) is 0 Å². The van der Waals surface area contributed by atoms with Gasteiger partial charge in [0.2, 0.25) is 0 Å². The minimum absolute atomic E-state index is 0.0450. The molecule has 0 aliphatic rings. The first-order chi connectivity index (χ1) is 6.60. The minimum atomic E-state index is 0.0450. The molecule has 0 bridgehead atoms. The van der Waals surface area contributed by atoms with E-state index in [0.717, 1.165) is 21.3 Å². The number of aliphatic hydroxyl groups is 1. The highest BCUT2D eigenvalue weighted by Crippen LogP contribution is 2.33. The molecule has 14 heavy (non-hydrogen) atoms. The van der Waals surface area contributed by atoms with Gasteiger partial charge in [-0.25, -0.2) is 0 Å². The van der Waals surface area contributed by atoms with Crippen molar-refractivity contribution in [2.45, 2.75) is 26.4 Å². The summed E-state index contributed by atoms with van der Waals surface area (Å²) in [5, 5.41) is 9.24. The summed E-state index contributed by atoms with van der Waals surface area (Å²) < 4.78 is 6.22. The summed E-state index contributed by atoms with van der Waals surface area (Å²) in [6.45, 7) is 4.22. The van der Waals surface area contributed by atoms with Gasteiger partial charge in [0.15, 0.2) is 0 Å². The van der Waals surface area contributed by atoms with Crippen LogP contribution >= 0.6 is 15.9 Å². The van der Waals surface area contributed by atoms with Gasteiger partial charge >= 0.3 is 0 Å². The van der Waals surface area contributed by atoms with Gasteiger partial charge in [-0.15, -0.1) is 0 Å². The number of ether oxygens (including phenoxy) is 1. The lowest BCUT2D eigenvalue weighted by molar-refractivity contribution is 0.278. The SMILES string of the molecule is COc1cc(Br)cc(CO)c1C(C)C. The van der Waals surface area contributed by atoms with Crippen molar-refractivity contribution >= 4 is 15.9 Å². The van der Waals surface area contributed by atoms with Crippen LogP contribution in [0.1, 0.15) is 30.9 Å². The summed E-state index contributed by atoms with van der Waals surface area (Å²) in [7, 11) is 1.65. The Morgan fingerprint density at radius 3 is 2.50 bits per heavy atom. The van der Waals surface area contributed by atoms with Crippen molar-refractivity contribution in [3.63, 3.8) is 0 Å². The number of aliphatic hydroxyl groups excluding tert-OH is 1. The monoisotopic (exact) mass is 258 g/mol. The molecular weight excluding hydrogens is 244 g/mol. The molecule has 3 heteroatoms. The predicted molar refractivity (Wildman–Crippen MR) is 60.7 cm³/mol. The Hall–Kier alpha value is -0.540. The van der Waals surface area contributed by atoms with Crippen molar-refractivity contribution in [1.29, 1.82) is 0 Å². The molecule has 1 aromatic rings. The highest BCUT2D eigenvalue weighted by atomic mass is 79.9. The molecule has 0 aliphatic carbocycles. The van der Waals surface area contributed by atoms with Gasteiger partial charge in [0.1, 0.15) is 5.75 Å². The average Bonchev–Trinajstić information content (AvgIpc) is 2.15. The maximum absolute atomic E-state index is 9.24. The Labute approximate surface area is 93.0 Å². The lowest BCUT2D eigenvalue weighted by Gasteiger charge is -2.16. The van der Waals surface area contributed by atoms with Gasteiger partial charge in [-0.3, -0.25) is 0 Å². The van der Waals surface area contributed by atoms with Crippen LogP contribution < -0.4 is 4.74 Å². The van der Waals surface area contributed by atoms with Crippen LogP contribution in [0.25, 0.3) is 0 Å². The van der Waals surface area contributed by atoms with Crippen LogP contribution in [0.2, 0.25) is 0 Å². The van der Waals surface area contributed by atoms with E-state index in [9.17, 15) is 5.11 Å². The summed E-state index contributed by atoms with van der Waals surface area (Å²) >= 11 is 3.39. The van der Waals surface area contributed by atoms with Gasteiger partial charge in [-0.2, -0.15) is 0 Å². The molecule has 0 atom stereocenters. The molecule has 0 saturated heterocycles. The molecule has 1 rings (SSSR count). The van der Waals surface area contributed by atoms with E-state index in [0.29, 0.717) is 5.92 Å². The number of halogens is 1. The molecule has 0 aliphatic heterocycles. The Morgan fingerprint density at radius 2 is 2.07 bits per heavy atom. The number of hydrogen-bond acceptors (Lipinski definition) is 2. The summed E-state index contributed by atoms with van der Waals surface area (Å²) in [6.07, 6.45) is 0. The molecule has 2 nitrogen and oxygen atoms in total. The molecule has 0 heterocycles. The standard InChI is InChI=1S/C11H15BrO2/c1-7(2)11-8(6-13)4-9(12)5-10(11)14-3/h4-5,7,13H,6H2,1-3H3. The topological polar surface area (TPSA) is 29.5 Å². The van der Waals surface area contributed by atoms with Gasteiger partial charge in [0, 0.05) is 10.0 Å². The second-order valence-electron chi connectivity index (χ2n) is 3.49. The zero-order valence-corrected chi connectivity index (χ0v) is 10.3. The summed E-state index contributed by atoms with van der Waals surface area (Å²) in [5.74, 6) is 1.18. The highest BCUT2D eigenvalue weighted by molar-refractivity contribution is 9.10. The maximum Gasteiger partial charge on any atom is 0.123 e. The van der Waals surface area contributed by atoms with Crippen molar-refractivity contribution in [3.8, 4) is 5.75 Å². The number of rotatable bonds is 3. The van der Waals surface area contributed by atoms with Crippen molar-refractivity contribution < 1.29 is 9.84 Å². The van der Waals surface area contributed by atoms with E-state index in [-0.39, 0.29) is 6.61 Å². The lowest BCUT2D eigenvalue weighted by Crippen LogP contribution is -2.00. The van der Waals surface area contributed by atoms with Crippen LogP contribution in [-0.2, 0) is 6.61 Å². The normalized spacial score (nSPS) is 10.7. The molecule has 0 aromatic heterocycles. The van der Waals surface area contributed by atoms with Gasteiger partial charge < -0.3 is 9.84 Å². The molecule has 0 radical (unpaired) electrons. The van der Waals surface area contributed by atoms with Crippen molar-refractivity contribution in [2.24, 2.45) is 0 Å². The van der Waals surface area contributed by atoms with E-state index in [1.807, 2.05) is 12.1 Å². The van der Waals surface area contributed by atoms with E-state index >= 15 is 0 Å². The fraction of sp³-hybridized carbons (Fsp3) is 0.455. The molecule has 0 spiro atoms. The van der Waals surface area contributed by atoms with Crippen molar-refractivity contribution in [3.05, 3.63) is 27.7 Å². The second kappa shape index (κ2) is 4.80. The zero-order valence-electron chi connectivity index (χ0n) is 8.67.